The zero-order valence-corrected chi connectivity index (χ0v) is 12.5. The van der Waals surface area contributed by atoms with E-state index >= 15 is 0 Å². The van der Waals surface area contributed by atoms with Gasteiger partial charge in [-0.15, -0.1) is 0 Å². The number of allylic oxidation sites excluding steroid dienone is 2. The van der Waals surface area contributed by atoms with Crippen molar-refractivity contribution in [2.75, 3.05) is 6.54 Å². The van der Waals surface area contributed by atoms with Crippen LogP contribution in [0.1, 0.15) is 19.3 Å². The Kier molecular flexibility index (Phi) is 4.63. The molecule has 1 unspecified atom stereocenters. The Balaban J connectivity index is 1.49. The summed E-state index contributed by atoms with van der Waals surface area (Å²) >= 11 is 0. The number of nitrogens with zero attached hydrogens (tertiary/aromatic N) is 3. The van der Waals surface area contributed by atoms with Crippen LogP contribution in [0.4, 0.5) is 0 Å². The molecule has 1 amide bonds. The van der Waals surface area contributed by atoms with Crippen LogP contribution in [0.2, 0.25) is 0 Å². The summed E-state index contributed by atoms with van der Waals surface area (Å²) in [6.07, 6.45) is 14.4. The molecule has 2 heterocycles. The average molecular weight is 296 g/mol. The fraction of sp³-hybridized carbons (Fsp3) is 0.353. The molecule has 22 heavy (non-hydrogen) atoms. The Morgan fingerprint density at radius 2 is 2.27 bits per heavy atom. The minimum Gasteiger partial charge on any atom is -0.354 e. The Labute approximate surface area is 130 Å². The minimum atomic E-state index is 0.133. The molecule has 0 bridgehead atoms. The second-order valence-electron chi connectivity index (χ2n) is 5.51. The number of aromatic nitrogens is 3. The van der Waals surface area contributed by atoms with Crippen LogP contribution in [0.15, 0.2) is 49.1 Å². The molecule has 5 heteroatoms. The summed E-state index contributed by atoms with van der Waals surface area (Å²) in [5.41, 5.74) is 2.09. The molecule has 2 aromatic heterocycles. The van der Waals surface area contributed by atoms with E-state index in [-0.39, 0.29) is 11.8 Å². The van der Waals surface area contributed by atoms with Gasteiger partial charge in [-0.2, -0.15) is 5.10 Å². The number of carbonyl (C=O) groups is 1. The van der Waals surface area contributed by atoms with Gasteiger partial charge in [0.2, 0.25) is 5.91 Å². The van der Waals surface area contributed by atoms with Crippen molar-refractivity contribution in [3.63, 3.8) is 0 Å². The molecule has 2 aromatic rings. The van der Waals surface area contributed by atoms with Crippen molar-refractivity contribution >= 4 is 5.91 Å². The summed E-state index contributed by atoms with van der Waals surface area (Å²) in [6, 6.07) is 3.91. The highest BCUT2D eigenvalue weighted by Gasteiger charge is 2.17. The molecule has 0 aliphatic heterocycles. The number of nitrogens with one attached hydrogen (secondary N) is 1. The summed E-state index contributed by atoms with van der Waals surface area (Å²) in [7, 11) is 0. The van der Waals surface area contributed by atoms with Crippen molar-refractivity contribution in [1.29, 1.82) is 0 Å². The van der Waals surface area contributed by atoms with Gasteiger partial charge < -0.3 is 5.32 Å². The lowest BCUT2D eigenvalue weighted by Crippen LogP contribution is -2.33. The van der Waals surface area contributed by atoms with Crippen molar-refractivity contribution in [1.82, 2.24) is 20.1 Å². The molecule has 1 atom stereocenters. The van der Waals surface area contributed by atoms with Gasteiger partial charge in [-0.1, -0.05) is 18.2 Å². The molecule has 0 aromatic carbocycles. The van der Waals surface area contributed by atoms with Gasteiger partial charge in [-0.05, 0) is 25.3 Å². The highest BCUT2D eigenvalue weighted by Crippen LogP contribution is 2.18. The van der Waals surface area contributed by atoms with Crippen molar-refractivity contribution in [3.05, 3.63) is 49.1 Å². The second-order valence-corrected chi connectivity index (χ2v) is 5.51. The molecule has 0 saturated carbocycles. The van der Waals surface area contributed by atoms with E-state index in [4.69, 9.17) is 0 Å². The van der Waals surface area contributed by atoms with Crippen LogP contribution in [0.25, 0.3) is 11.1 Å². The number of carbonyl (C=O) groups excluding carboxylic acids is 1. The highest BCUT2D eigenvalue weighted by molar-refractivity contribution is 5.78. The Bertz CT molecular complexity index is 648. The van der Waals surface area contributed by atoms with E-state index in [1.54, 1.807) is 6.20 Å². The van der Waals surface area contributed by atoms with E-state index in [0.29, 0.717) is 13.1 Å². The first-order valence-corrected chi connectivity index (χ1v) is 7.68. The normalized spacial score (nSPS) is 17.4. The minimum absolute atomic E-state index is 0.133. The van der Waals surface area contributed by atoms with Crippen LogP contribution in [0.3, 0.4) is 0 Å². The topological polar surface area (TPSA) is 59.8 Å². The number of pyridine rings is 1. The largest absolute Gasteiger partial charge is 0.354 e. The molecule has 3 rings (SSSR count). The quantitative estimate of drug-likeness (QED) is 0.862. The third-order valence-corrected chi connectivity index (χ3v) is 3.91. The molecule has 1 N–H and O–H groups in total. The molecular weight excluding hydrogens is 276 g/mol. The maximum atomic E-state index is 12.0. The van der Waals surface area contributed by atoms with Gasteiger partial charge in [-0.3, -0.25) is 14.5 Å². The second kappa shape index (κ2) is 7.02. The molecule has 0 radical (unpaired) electrons. The summed E-state index contributed by atoms with van der Waals surface area (Å²) in [5.74, 6) is 0.289. The predicted octanol–water partition coefficient (Wildman–Crippen LogP) is 2.42. The van der Waals surface area contributed by atoms with Gasteiger partial charge in [0.25, 0.3) is 0 Å². The number of amides is 1. The first kappa shape index (κ1) is 14.5. The van der Waals surface area contributed by atoms with E-state index in [9.17, 15) is 4.79 Å². The van der Waals surface area contributed by atoms with Gasteiger partial charge in [0.05, 0.1) is 12.7 Å². The van der Waals surface area contributed by atoms with Crippen molar-refractivity contribution in [2.24, 2.45) is 5.92 Å². The lowest BCUT2D eigenvalue weighted by Gasteiger charge is -2.17. The maximum Gasteiger partial charge on any atom is 0.223 e. The third kappa shape index (κ3) is 3.61. The molecule has 0 spiro atoms. The Morgan fingerprint density at radius 1 is 1.32 bits per heavy atom. The third-order valence-electron chi connectivity index (χ3n) is 3.91. The highest BCUT2D eigenvalue weighted by atomic mass is 16.1. The standard InChI is InChI=1S/C17H20N4O/c22-17(14-5-2-1-3-6-14)19-9-10-21-13-16(12-20-21)15-7-4-8-18-11-15/h1-2,4,7-8,11-14H,3,5-6,9-10H2,(H,19,22). The van der Waals surface area contributed by atoms with Gasteiger partial charge in [0, 0.05) is 42.2 Å². The monoisotopic (exact) mass is 296 g/mol. The van der Waals surface area contributed by atoms with Crippen molar-refractivity contribution < 1.29 is 4.79 Å². The molecule has 0 fully saturated rings. The molecule has 1 aliphatic carbocycles. The molecule has 1 aliphatic rings. The van der Waals surface area contributed by atoms with Gasteiger partial charge in [0.1, 0.15) is 0 Å². The van der Waals surface area contributed by atoms with Crippen molar-refractivity contribution in [2.45, 2.75) is 25.8 Å². The summed E-state index contributed by atoms with van der Waals surface area (Å²) < 4.78 is 1.85. The van der Waals surface area contributed by atoms with Gasteiger partial charge >= 0.3 is 0 Å². The lowest BCUT2D eigenvalue weighted by molar-refractivity contribution is -0.125. The summed E-state index contributed by atoms with van der Waals surface area (Å²) in [5, 5.41) is 7.33. The van der Waals surface area contributed by atoms with Crippen LogP contribution in [0.5, 0.6) is 0 Å². The van der Waals surface area contributed by atoms with Gasteiger partial charge in [-0.25, -0.2) is 0 Å². The average Bonchev–Trinajstić information content (AvgIpc) is 3.05. The Morgan fingerprint density at radius 3 is 3.05 bits per heavy atom. The molecule has 114 valence electrons. The molecular formula is C17H20N4O. The molecule has 5 nitrogen and oxygen atoms in total. The van der Waals surface area contributed by atoms with Crippen LogP contribution < -0.4 is 5.32 Å². The SMILES string of the molecule is O=C(NCCn1cc(-c2cccnc2)cn1)C1CC=CCC1. The van der Waals surface area contributed by atoms with E-state index in [1.807, 2.05) is 35.4 Å². The predicted molar refractivity (Wildman–Crippen MR) is 84.9 cm³/mol. The fourth-order valence-electron chi connectivity index (χ4n) is 2.64. The first-order chi connectivity index (χ1) is 10.8. The van der Waals surface area contributed by atoms with Crippen molar-refractivity contribution in [3.8, 4) is 11.1 Å². The van der Waals surface area contributed by atoms with E-state index < -0.39 is 0 Å². The van der Waals surface area contributed by atoms with Crippen LogP contribution in [-0.2, 0) is 11.3 Å². The summed E-state index contributed by atoms with van der Waals surface area (Å²) in [4.78, 5) is 16.1. The van der Waals surface area contributed by atoms with E-state index in [2.05, 4.69) is 27.6 Å². The molecule has 0 saturated heterocycles. The number of hydrogen-bond donors (Lipinski definition) is 1. The Hall–Kier alpha value is -2.43. The first-order valence-electron chi connectivity index (χ1n) is 7.68. The maximum absolute atomic E-state index is 12.0. The van der Waals surface area contributed by atoms with Crippen LogP contribution in [0, 0.1) is 5.92 Å². The smallest absolute Gasteiger partial charge is 0.223 e. The zero-order chi connectivity index (χ0) is 15.2. The van der Waals surface area contributed by atoms with E-state index in [0.717, 1.165) is 30.4 Å². The number of rotatable bonds is 5. The zero-order valence-electron chi connectivity index (χ0n) is 12.5. The van der Waals surface area contributed by atoms with E-state index in [1.165, 1.54) is 0 Å². The van der Waals surface area contributed by atoms with Crippen LogP contribution >= 0.6 is 0 Å². The fourth-order valence-corrected chi connectivity index (χ4v) is 2.64. The summed E-state index contributed by atoms with van der Waals surface area (Å²) in [6.45, 7) is 1.28. The van der Waals surface area contributed by atoms with Gasteiger partial charge in [0.15, 0.2) is 0 Å². The van der Waals surface area contributed by atoms with Crippen LogP contribution in [-0.4, -0.2) is 27.2 Å². The lowest BCUT2D eigenvalue weighted by atomic mass is 9.94. The number of hydrogen-bond acceptors (Lipinski definition) is 3.